The highest BCUT2D eigenvalue weighted by Crippen LogP contribution is 2.27. The Kier molecular flexibility index (Phi) is 5.65. The molecule has 0 spiro atoms. The van der Waals surface area contributed by atoms with E-state index in [1.165, 1.54) is 23.1 Å². The number of urea groups is 1. The van der Waals surface area contributed by atoms with Crippen LogP contribution in [0.1, 0.15) is 29.6 Å². The number of benzene rings is 2. The van der Waals surface area contributed by atoms with E-state index < -0.39 is 11.9 Å². The summed E-state index contributed by atoms with van der Waals surface area (Å²) in [5.74, 6) is -1.04. The van der Waals surface area contributed by atoms with Crippen molar-refractivity contribution in [1.82, 2.24) is 10.2 Å². The highest BCUT2D eigenvalue weighted by molar-refractivity contribution is 6.02. The first-order chi connectivity index (χ1) is 14.5. The SMILES string of the molecule is O=C(Nc1ccc(F)c(N2CCCNC2=O)c1)C1CCCN1C(=O)c1ccccc1. The van der Waals surface area contributed by atoms with Crippen LogP contribution in [-0.2, 0) is 4.79 Å². The summed E-state index contributed by atoms with van der Waals surface area (Å²) in [7, 11) is 0. The second kappa shape index (κ2) is 8.52. The van der Waals surface area contributed by atoms with Gasteiger partial charge in [-0.3, -0.25) is 14.5 Å². The molecule has 4 amide bonds. The van der Waals surface area contributed by atoms with Crippen molar-refractivity contribution in [3.05, 3.63) is 59.9 Å². The van der Waals surface area contributed by atoms with E-state index in [1.54, 1.807) is 29.2 Å². The van der Waals surface area contributed by atoms with E-state index >= 15 is 0 Å². The van der Waals surface area contributed by atoms with Gasteiger partial charge in [0.2, 0.25) is 5.91 Å². The lowest BCUT2D eigenvalue weighted by molar-refractivity contribution is -0.119. The van der Waals surface area contributed by atoms with Crippen LogP contribution in [0.25, 0.3) is 0 Å². The van der Waals surface area contributed by atoms with Crippen LogP contribution in [0, 0.1) is 5.82 Å². The van der Waals surface area contributed by atoms with Gasteiger partial charge in [0, 0.05) is 30.9 Å². The molecule has 0 saturated carbocycles. The first-order valence-electron chi connectivity index (χ1n) is 10.1. The van der Waals surface area contributed by atoms with Crippen molar-refractivity contribution < 1.29 is 18.8 Å². The van der Waals surface area contributed by atoms with Crippen LogP contribution in [0.15, 0.2) is 48.5 Å². The monoisotopic (exact) mass is 410 g/mol. The second-order valence-electron chi connectivity index (χ2n) is 7.42. The van der Waals surface area contributed by atoms with Crippen molar-refractivity contribution in [3.8, 4) is 0 Å². The van der Waals surface area contributed by atoms with E-state index in [-0.39, 0.29) is 23.5 Å². The molecule has 2 N–H and O–H groups in total. The number of nitrogens with one attached hydrogen (secondary N) is 2. The molecule has 0 radical (unpaired) electrons. The van der Waals surface area contributed by atoms with Gasteiger partial charge in [0.1, 0.15) is 11.9 Å². The predicted octanol–water partition coefficient (Wildman–Crippen LogP) is 2.99. The van der Waals surface area contributed by atoms with Crippen LogP contribution >= 0.6 is 0 Å². The van der Waals surface area contributed by atoms with Crippen molar-refractivity contribution in [2.45, 2.75) is 25.3 Å². The molecule has 2 fully saturated rings. The van der Waals surface area contributed by atoms with Gasteiger partial charge in [-0.2, -0.15) is 0 Å². The molecule has 7 nitrogen and oxygen atoms in total. The smallest absolute Gasteiger partial charge is 0.321 e. The Hall–Kier alpha value is -3.42. The molecule has 156 valence electrons. The zero-order valence-corrected chi connectivity index (χ0v) is 16.4. The van der Waals surface area contributed by atoms with E-state index in [0.29, 0.717) is 43.7 Å². The lowest BCUT2D eigenvalue weighted by Gasteiger charge is -2.28. The minimum atomic E-state index is -0.593. The number of hydrogen-bond donors (Lipinski definition) is 2. The maximum absolute atomic E-state index is 14.3. The van der Waals surface area contributed by atoms with Gasteiger partial charge in [-0.1, -0.05) is 18.2 Å². The second-order valence-corrected chi connectivity index (χ2v) is 7.42. The zero-order valence-electron chi connectivity index (χ0n) is 16.4. The molecule has 2 aliphatic rings. The van der Waals surface area contributed by atoms with Crippen LogP contribution < -0.4 is 15.5 Å². The molecule has 0 aromatic heterocycles. The van der Waals surface area contributed by atoms with Gasteiger partial charge >= 0.3 is 6.03 Å². The minimum absolute atomic E-state index is 0.119. The maximum Gasteiger partial charge on any atom is 0.321 e. The van der Waals surface area contributed by atoms with Crippen molar-refractivity contribution in [2.75, 3.05) is 29.9 Å². The fourth-order valence-corrected chi connectivity index (χ4v) is 3.91. The Balaban J connectivity index is 1.50. The number of likely N-dealkylation sites (tertiary alicyclic amines) is 1. The molecular weight excluding hydrogens is 387 g/mol. The summed E-state index contributed by atoms with van der Waals surface area (Å²) in [5.41, 5.74) is 1.04. The van der Waals surface area contributed by atoms with Crippen molar-refractivity contribution >= 4 is 29.2 Å². The highest BCUT2D eigenvalue weighted by Gasteiger charge is 2.34. The number of carbonyl (C=O) groups is 3. The van der Waals surface area contributed by atoms with Crippen LogP contribution in [0.2, 0.25) is 0 Å². The summed E-state index contributed by atoms with van der Waals surface area (Å²) in [5, 5.41) is 5.47. The maximum atomic E-state index is 14.3. The van der Waals surface area contributed by atoms with Gasteiger partial charge < -0.3 is 15.5 Å². The first kappa shape index (κ1) is 19.9. The Morgan fingerprint density at radius 3 is 2.63 bits per heavy atom. The average Bonchev–Trinajstić information content (AvgIpc) is 3.26. The first-order valence-corrected chi connectivity index (χ1v) is 10.1. The number of nitrogens with zero attached hydrogens (tertiary/aromatic N) is 2. The predicted molar refractivity (Wildman–Crippen MR) is 111 cm³/mol. The third-order valence-electron chi connectivity index (χ3n) is 5.42. The average molecular weight is 410 g/mol. The fraction of sp³-hybridized carbons (Fsp3) is 0.318. The van der Waals surface area contributed by atoms with Gasteiger partial charge in [0.05, 0.1) is 5.69 Å². The number of rotatable bonds is 4. The summed E-state index contributed by atoms with van der Waals surface area (Å²) in [6, 6.07) is 12.0. The Morgan fingerprint density at radius 2 is 1.87 bits per heavy atom. The molecule has 0 aliphatic carbocycles. The summed E-state index contributed by atoms with van der Waals surface area (Å²) in [6.07, 6.45) is 2.01. The molecule has 1 unspecified atom stereocenters. The third kappa shape index (κ3) is 3.98. The molecule has 2 saturated heterocycles. The van der Waals surface area contributed by atoms with E-state index in [2.05, 4.69) is 10.6 Å². The lowest BCUT2D eigenvalue weighted by atomic mass is 10.1. The van der Waals surface area contributed by atoms with E-state index in [4.69, 9.17) is 0 Å². The summed E-state index contributed by atoms with van der Waals surface area (Å²) in [4.78, 5) is 40.7. The van der Waals surface area contributed by atoms with E-state index in [0.717, 1.165) is 6.42 Å². The molecule has 0 bridgehead atoms. The van der Waals surface area contributed by atoms with Crippen LogP contribution in [0.3, 0.4) is 0 Å². The molecule has 4 rings (SSSR count). The van der Waals surface area contributed by atoms with Gasteiger partial charge in [-0.15, -0.1) is 0 Å². The summed E-state index contributed by atoms with van der Waals surface area (Å²) < 4.78 is 14.3. The number of anilines is 2. The van der Waals surface area contributed by atoms with Crippen LogP contribution in [-0.4, -0.2) is 48.4 Å². The summed E-state index contributed by atoms with van der Waals surface area (Å²) >= 11 is 0. The Labute approximate surface area is 173 Å². The lowest BCUT2D eigenvalue weighted by Crippen LogP contribution is -2.47. The van der Waals surface area contributed by atoms with E-state index in [1.807, 2.05) is 6.07 Å². The quantitative estimate of drug-likeness (QED) is 0.813. The molecule has 2 aromatic carbocycles. The summed E-state index contributed by atoms with van der Waals surface area (Å²) in [6.45, 7) is 1.47. The standard InChI is InChI=1S/C22H23FN4O3/c23-17-10-9-16(14-19(17)27-13-5-11-24-22(27)30)25-20(28)18-8-4-12-26(18)21(29)15-6-2-1-3-7-15/h1-3,6-7,9-10,14,18H,4-5,8,11-13H2,(H,24,30)(H,25,28). The van der Waals surface area contributed by atoms with Gasteiger partial charge in [0.25, 0.3) is 5.91 Å². The fourth-order valence-electron chi connectivity index (χ4n) is 3.91. The topological polar surface area (TPSA) is 81.8 Å². The van der Waals surface area contributed by atoms with Crippen molar-refractivity contribution in [3.63, 3.8) is 0 Å². The number of hydrogen-bond acceptors (Lipinski definition) is 3. The Morgan fingerprint density at radius 1 is 1.07 bits per heavy atom. The van der Waals surface area contributed by atoms with Gasteiger partial charge in [0.15, 0.2) is 0 Å². The third-order valence-corrected chi connectivity index (χ3v) is 5.42. The van der Waals surface area contributed by atoms with Gasteiger partial charge in [-0.25, -0.2) is 9.18 Å². The highest BCUT2D eigenvalue weighted by atomic mass is 19.1. The van der Waals surface area contributed by atoms with E-state index in [9.17, 15) is 18.8 Å². The minimum Gasteiger partial charge on any atom is -0.338 e. The molecular formula is C22H23FN4O3. The number of amides is 4. The Bertz CT molecular complexity index is 966. The number of carbonyl (C=O) groups excluding carboxylic acids is 3. The van der Waals surface area contributed by atoms with Crippen molar-refractivity contribution in [1.29, 1.82) is 0 Å². The molecule has 1 atom stereocenters. The molecule has 2 aromatic rings. The molecule has 2 heterocycles. The van der Waals surface area contributed by atoms with Crippen LogP contribution in [0.5, 0.6) is 0 Å². The molecule has 30 heavy (non-hydrogen) atoms. The molecule has 8 heteroatoms. The van der Waals surface area contributed by atoms with Crippen LogP contribution in [0.4, 0.5) is 20.6 Å². The normalized spacial score (nSPS) is 18.8. The number of halogens is 1. The van der Waals surface area contributed by atoms with Gasteiger partial charge in [-0.05, 0) is 49.6 Å². The molecule has 2 aliphatic heterocycles. The van der Waals surface area contributed by atoms with Crippen molar-refractivity contribution in [2.24, 2.45) is 0 Å². The zero-order chi connectivity index (χ0) is 21.1. The largest absolute Gasteiger partial charge is 0.338 e.